The van der Waals surface area contributed by atoms with Crippen LogP contribution in [0.2, 0.25) is 0 Å². The highest BCUT2D eigenvalue weighted by Gasteiger charge is 2.38. The quantitative estimate of drug-likeness (QED) is 0.0781. The first-order valence-electron chi connectivity index (χ1n) is 11.5. The molecule has 1 saturated heterocycles. The van der Waals surface area contributed by atoms with E-state index in [1.807, 2.05) is 13.8 Å². The van der Waals surface area contributed by atoms with E-state index >= 15 is 0 Å². The van der Waals surface area contributed by atoms with Gasteiger partial charge in [0.25, 0.3) is 0 Å². The summed E-state index contributed by atoms with van der Waals surface area (Å²) >= 11 is 0. The molecule has 3 amide bonds. The Bertz CT molecular complexity index is 814. The van der Waals surface area contributed by atoms with Crippen molar-refractivity contribution in [2.75, 3.05) is 13.1 Å². The van der Waals surface area contributed by atoms with Gasteiger partial charge in [0.2, 0.25) is 17.7 Å². The molecule has 1 rings (SSSR count). The normalized spacial score (nSPS) is 17.8. The summed E-state index contributed by atoms with van der Waals surface area (Å²) in [4.78, 5) is 66.2. The molecule has 198 valence electrons. The van der Waals surface area contributed by atoms with Crippen molar-refractivity contribution in [3.05, 3.63) is 0 Å². The van der Waals surface area contributed by atoms with Gasteiger partial charge in [0.1, 0.15) is 18.1 Å². The Balaban J connectivity index is 3.04. The van der Waals surface area contributed by atoms with Crippen molar-refractivity contribution >= 4 is 35.6 Å². The number of carboxylic acid groups (broad SMARTS) is 2. The molecule has 0 radical (unpaired) electrons. The molecule has 0 aromatic rings. The SMILES string of the molecule is CC(C)CC(NC(=O)C(N)CC(=O)O)C(=O)NC(CCCN=C(N)N)C(=O)N1CCCC1C(=O)O. The number of nitrogens with one attached hydrogen (secondary N) is 2. The lowest BCUT2D eigenvalue weighted by molar-refractivity contribution is -0.149. The molecule has 1 aliphatic heterocycles. The number of hydrogen-bond acceptors (Lipinski definition) is 7. The second kappa shape index (κ2) is 14.1. The fourth-order valence-corrected chi connectivity index (χ4v) is 3.78. The molecule has 1 heterocycles. The van der Waals surface area contributed by atoms with Crippen LogP contribution in [0.5, 0.6) is 0 Å². The Kier molecular flexibility index (Phi) is 11.9. The first kappa shape index (κ1) is 29.6. The zero-order valence-electron chi connectivity index (χ0n) is 20.1. The van der Waals surface area contributed by atoms with E-state index in [4.69, 9.17) is 22.3 Å². The molecule has 0 aromatic heterocycles. The zero-order valence-corrected chi connectivity index (χ0v) is 20.1. The zero-order chi connectivity index (χ0) is 26.7. The molecule has 0 aromatic carbocycles. The minimum atomic E-state index is -1.35. The summed E-state index contributed by atoms with van der Waals surface area (Å²) in [5.41, 5.74) is 16.2. The summed E-state index contributed by atoms with van der Waals surface area (Å²) in [7, 11) is 0. The Morgan fingerprint density at radius 2 is 1.69 bits per heavy atom. The van der Waals surface area contributed by atoms with Gasteiger partial charge in [0, 0.05) is 13.1 Å². The molecule has 0 bridgehead atoms. The summed E-state index contributed by atoms with van der Waals surface area (Å²) in [5.74, 6) is -4.57. The van der Waals surface area contributed by atoms with Crippen LogP contribution < -0.4 is 27.8 Å². The highest BCUT2D eigenvalue weighted by Crippen LogP contribution is 2.20. The number of carbonyl (C=O) groups is 5. The summed E-state index contributed by atoms with van der Waals surface area (Å²) in [6, 6.07) is -4.49. The second-order valence-corrected chi connectivity index (χ2v) is 8.93. The van der Waals surface area contributed by atoms with Crippen molar-refractivity contribution in [2.24, 2.45) is 28.1 Å². The highest BCUT2D eigenvalue weighted by molar-refractivity contribution is 5.94. The molecule has 4 unspecified atom stereocenters. The number of nitrogens with zero attached hydrogens (tertiary/aromatic N) is 2. The second-order valence-electron chi connectivity index (χ2n) is 8.93. The number of carbonyl (C=O) groups excluding carboxylic acids is 3. The van der Waals surface area contributed by atoms with E-state index in [0.717, 1.165) is 0 Å². The predicted octanol–water partition coefficient (Wildman–Crippen LogP) is -2.07. The molecule has 0 saturated carbocycles. The van der Waals surface area contributed by atoms with Crippen LogP contribution in [-0.4, -0.2) is 88.0 Å². The van der Waals surface area contributed by atoms with Crippen LogP contribution in [0.3, 0.4) is 0 Å². The van der Waals surface area contributed by atoms with Crippen molar-refractivity contribution in [3.8, 4) is 0 Å². The topological polar surface area (TPSA) is 244 Å². The monoisotopic (exact) mass is 499 g/mol. The fourth-order valence-electron chi connectivity index (χ4n) is 3.78. The van der Waals surface area contributed by atoms with Crippen LogP contribution in [0.15, 0.2) is 4.99 Å². The van der Waals surface area contributed by atoms with E-state index in [0.29, 0.717) is 19.3 Å². The van der Waals surface area contributed by atoms with Gasteiger partial charge in [-0.3, -0.25) is 24.2 Å². The lowest BCUT2D eigenvalue weighted by atomic mass is 10.0. The van der Waals surface area contributed by atoms with Crippen LogP contribution in [0, 0.1) is 5.92 Å². The Hall–Kier alpha value is -3.42. The third kappa shape index (κ3) is 10.2. The molecule has 1 fully saturated rings. The van der Waals surface area contributed by atoms with Gasteiger partial charge in [-0.2, -0.15) is 0 Å². The summed E-state index contributed by atoms with van der Waals surface area (Å²) < 4.78 is 0. The Morgan fingerprint density at radius 3 is 2.23 bits per heavy atom. The largest absolute Gasteiger partial charge is 0.481 e. The average molecular weight is 500 g/mol. The van der Waals surface area contributed by atoms with E-state index in [1.54, 1.807) is 0 Å². The van der Waals surface area contributed by atoms with Crippen LogP contribution in [0.1, 0.15) is 52.4 Å². The average Bonchev–Trinajstić information content (AvgIpc) is 3.24. The van der Waals surface area contributed by atoms with Gasteiger partial charge >= 0.3 is 11.9 Å². The lowest BCUT2D eigenvalue weighted by Crippen LogP contribution is -2.57. The Labute approximate surface area is 203 Å². The van der Waals surface area contributed by atoms with Gasteiger partial charge in [-0.15, -0.1) is 0 Å². The van der Waals surface area contributed by atoms with Gasteiger partial charge < -0.3 is 42.9 Å². The number of rotatable bonds is 14. The number of hydrogen-bond donors (Lipinski definition) is 7. The molecule has 35 heavy (non-hydrogen) atoms. The van der Waals surface area contributed by atoms with Crippen molar-refractivity contribution in [3.63, 3.8) is 0 Å². The van der Waals surface area contributed by atoms with Crippen molar-refractivity contribution in [1.82, 2.24) is 15.5 Å². The molecule has 14 nitrogen and oxygen atoms in total. The molecule has 10 N–H and O–H groups in total. The highest BCUT2D eigenvalue weighted by atomic mass is 16.4. The minimum absolute atomic E-state index is 0.0345. The van der Waals surface area contributed by atoms with E-state index < -0.39 is 60.2 Å². The molecule has 0 spiro atoms. The number of likely N-dealkylation sites (tertiary alicyclic amines) is 1. The third-order valence-corrected chi connectivity index (χ3v) is 5.45. The van der Waals surface area contributed by atoms with Crippen molar-refractivity contribution in [2.45, 2.75) is 76.5 Å². The van der Waals surface area contributed by atoms with Crippen molar-refractivity contribution < 1.29 is 34.2 Å². The minimum Gasteiger partial charge on any atom is -0.481 e. The molecule has 1 aliphatic rings. The van der Waals surface area contributed by atoms with Crippen LogP contribution in [0.4, 0.5) is 0 Å². The standard InChI is InChI=1S/C21H37N7O7/c1-11(2)9-14(27-17(31)12(22)10-16(29)30)18(32)26-13(5-3-7-25-21(23)24)19(33)28-8-4-6-15(28)20(34)35/h11-15H,3-10,22H2,1-2H3,(H,26,32)(H,27,31)(H,29,30)(H,34,35)(H4,23,24,25). The number of aliphatic carboxylic acids is 2. The van der Waals surface area contributed by atoms with Crippen LogP contribution in [0.25, 0.3) is 0 Å². The van der Waals surface area contributed by atoms with Gasteiger partial charge in [-0.05, 0) is 38.0 Å². The smallest absolute Gasteiger partial charge is 0.326 e. The van der Waals surface area contributed by atoms with Crippen LogP contribution in [-0.2, 0) is 24.0 Å². The summed E-state index contributed by atoms with van der Waals surface area (Å²) in [5, 5.41) is 23.4. The molecule has 4 atom stereocenters. The molecule has 0 aliphatic carbocycles. The van der Waals surface area contributed by atoms with E-state index in [9.17, 15) is 29.1 Å². The maximum absolute atomic E-state index is 13.2. The van der Waals surface area contributed by atoms with E-state index in [1.165, 1.54) is 4.90 Å². The Morgan fingerprint density at radius 1 is 1.06 bits per heavy atom. The van der Waals surface area contributed by atoms with Gasteiger partial charge in [-0.1, -0.05) is 13.8 Å². The van der Waals surface area contributed by atoms with Crippen molar-refractivity contribution in [1.29, 1.82) is 0 Å². The maximum atomic E-state index is 13.2. The lowest BCUT2D eigenvalue weighted by Gasteiger charge is -2.29. The fraction of sp³-hybridized carbons (Fsp3) is 0.714. The first-order valence-corrected chi connectivity index (χ1v) is 11.5. The maximum Gasteiger partial charge on any atom is 0.326 e. The summed E-state index contributed by atoms with van der Waals surface area (Å²) in [6.45, 7) is 4.08. The number of nitrogens with two attached hydrogens (primary N) is 3. The van der Waals surface area contributed by atoms with Gasteiger partial charge in [-0.25, -0.2) is 4.79 Å². The van der Waals surface area contributed by atoms with E-state index in [2.05, 4.69) is 15.6 Å². The first-order chi connectivity index (χ1) is 16.3. The predicted molar refractivity (Wildman–Crippen MR) is 126 cm³/mol. The number of amides is 3. The van der Waals surface area contributed by atoms with Crippen LogP contribution >= 0.6 is 0 Å². The van der Waals surface area contributed by atoms with E-state index in [-0.39, 0.29) is 37.8 Å². The summed E-state index contributed by atoms with van der Waals surface area (Å²) in [6.07, 6.45) is 0.872. The number of carboxylic acids is 2. The molecular weight excluding hydrogens is 462 g/mol. The third-order valence-electron chi connectivity index (χ3n) is 5.45. The van der Waals surface area contributed by atoms with Gasteiger partial charge in [0.15, 0.2) is 5.96 Å². The number of guanidine groups is 1. The molecular formula is C21H37N7O7. The molecule has 14 heteroatoms. The number of aliphatic imine (C=N–C) groups is 1. The van der Waals surface area contributed by atoms with Gasteiger partial charge in [0.05, 0.1) is 12.5 Å².